The van der Waals surface area contributed by atoms with Crippen molar-refractivity contribution in [1.29, 1.82) is 0 Å². The molecule has 0 heterocycles. The normalized spacial score (nSPS) is 12.1. The van der Waals surface area contributed by atoms with Gasteiger partial charge in [-0.15, -0.1) is 0 Å². The minimum absolute atomic E-state index is 0.403. The van der Waals surface area contributed by atoms with Crippen LogP contribution < -0.4 is 16.6 Å². The molecule has 0 unspecified atom stereocenters. The van der Waals surface area contributed by atoms with Gasteiger partial charge in [0.25, 0.3) is 0 Å². The van der Waals surface area contributed by atoms with Crippen LogP contribution in [0.5, 0.6) is 0 Å². The number of aliphatic carboxylic acids is 1. The highest BCUT2D eigenvalue weighted by molar-refractivity contribution is 7.98. The SMILES string of the molecule is NC(=O)c1ccc(CSC[C@H]([NH3+])C(=O)[O-])cc1. The van der Waals surface area contributed by atoms with Gasteiger partial charge >= 0.3 is 0 Å². The quantitative estimate of drug-likeness (QED) is 0.635. The van der Waals surface area contributed by atoms with E-state index in [9.17, 15) is 14.7 Å². The van der Waals surface area contributed by atoms with Gasteiger partial charge in [-0.2, -0.15) is 11.8 Å². The number of hydrogen-bond acceptors (Lipinski definition) is 4. The van der Waals surface area contributed by atoms with Crippen LogP contribution in [0.2, 0.25) is 0 Å². The Kier molecular flexibility index (Phi) is 4.99. The third-order valence-electron chi connectivity index (χ3n) is 2.16. The zero-order valence-corrected chi connectivity index (χ0v) is 10.0. The van der Waals surface area contributed by atoms with Gasteiger partial charge in [0.1, 0.15) is 6.04 Å². The van der Waals surface area contributed by atoms with Crippen LogP contribution in [-0.4, -0.2) is 23.7 Å². The van der Waals surface area contributed by atoms with Gasteiger partial charge < -0.3 is 21.4 Å². The fourth-order valence-electron chi connectivity index (χ4n) is 1.15. The summed E-state index contributed by atoms with van der Waals surface area (Å²) in [4.78, 5) is 21.3. The minimum atomic E-state index is -1.14. The maximum atomic E-state index is 10.8. The van der Waals surface area contributed by atoms with Crippen molar-refractivity contribution in [2.75, 3.05) is 5.75 Å². The Morgan fingerprint density at radius 2 is 1.94 bits per heavy atom. The molecule has 0 saturated carbocycles. The molecule has 0 aliphatic heterocycles. The van der Waals surface area contributed by atoms with Crippen molar-refractivity contribution in [3.05, 3.63) is 35.4 Å². The molecule has 0 fully saturated rings. The maximum absolute atomic E-state index is 10.8. The lowest BCUT2D eigenvalue weighted by molar-refractivity contribution is -0.431. The number of thioether (sulfide) groups is 1. The topological polar surface area (TPSA) is 111 Å². The van der Waals surface area contributed by atoms with E-state index >= 15 is 0 Å². The van der Waals surface area contributed by atoms with Crippen molar-refractivity contribution in [3.63, 3.8) is 0 Å². The third-order valence-corrected chi connectivity index (χ3v) is 3.34. The van der Waals surface area contributed by atoms with Crippen LogP contribution >= 0.6 is 11.8 Å². The molecule has 6 heteroatoms. The van der Waals surface area contributed by atoms with E-state index in [4.69, 9.17) is 5.73 Å². The largest absolute Gasteiger partial charge is 0.544 e. The zero-order chi connectivity index (χ0) is 12.8. The summed E-state index contributed by atoms with van der Waals surface area (Å²) in [7, 11) is 0. The molecule has 0 aliphatic rings. The summed E-state index contributed by atoms with van der Waals surface area (Å²) in [6.07, 6.45) is 0. The fourth-order valence-corrected chi connectivity index (χ4v) is 2.12. The van der Waals surface area contributed by atoms with E-state index in [0.29, 0.717) is 17.1 Å². The van der Waals surface area contributed by atoms with Gasteiger partial charge in [0.15, 0.2) is 0 Å². The summed E-state index contributed by atoms with van der Waals surface area (Å²) < 4.78 is 0. The first kappa shape index (κ1) is 13.5. The highest BCUT2D eigenvalue weighted by Gasteiger charge is 2.07. The highest BCUT2D eigenvalue weighted by atomic mass is 32.2. The third kappa shape index (κ3) is 4.46. The van der Waals surface area contributed by atoms with Gasteiger partial charge in [-0.3, -0.25) is 4.79 Å². The van der Waals surface area contributed by atoms with Crippen LogP contribution in [0, 0.1) is 0 Å². The number of amides is 1. The average molecular weight is 254 g/mol. The molecule has 1 rings (SSSR count). The first-order valence-corrected chi connectivity index (χ1v) is 6.16. The zero-order valence-electron chi connectivity index (χ0n) is 9.22. The minimum Gasteiger partial charge on any atom is -0.544 e. The number of benzene rings is 1. The van der Waals surface area contributed by atoms with Crippen molar-refractivity contribution in [1.82, 2.24) is 0 Å². The lowest BCUT2D eigenvalue weighted by atomic mass is 10.1. The molecule has 0 aliphatic carbocycles. The Morgan fingerprint density at radius 1 is 1.35 bits per heavy atom. The summed E-state index contributed by atoms with van der Waals surface area (Å²) in [5.41, 5.74) is 10.0. The van der Waals surface area contributed by atoms with Crippen LogP contribution in [0.3, 0.4) is 0 Å². The Morgan fingerprint density at radius 3 is 2.41 bits per heavy atom. The first-order valence-electron chi connectivity index (χ1n) is 5.01. The molecule has 0 saturated heterocycles. The van der Waals surface area contributed by atoms with E-state index in [1.807, 2.05) is 0 Å². The van der Waals surface area contributed by atoms with Gasteiger partial charge in [0.05, 0.1) is 11.7 Å². The molecular weight excluding hydrogens is 240 g/mol. The van der Waals surface area contributed by atoms with Gasteiger partial charge in [0.2, 0.25) is 5.91 Å². The average Bonchev–Trinajstić information content (AvgIpc) is 2.29. The van der Waals surface area contributed by atoms with Gasteiger partial charge in [-0.05, 0) is 17.7 Å². The molecule has 92 valence electrons. The molecule has 0 spiro atoms. The molecule has 0 radical (unpaired) electrons. The molecule has 1 amide bonds. The highest BCUT2D eigenvalue weighted by Crippen LogP contribution is 2.13. The van der Waals surface area contributed by atoms with Gasteiger partial charge in [-0.1, -0.05) is 12.1 Å². The number of hydrogen-bond donors (Lipinski definition) is 2. The smallest absolute Gasteiger partial charge is 0.248 e. The van der Waals surface area contributed by atoms with E-state index in [-0.39, 0.29) is 0 Å². The second-order valence-corrected chi connectivity index (χ2v) is 4.62. The van der Waals surface area contributed by atoms with Crippen LogP contribution in [0.1, 0.15) is 15.9 Å². The predicted octanol–water partition coefficient (Wildman–Crippen LogP) is -1.62. The molecule has 1 aromatic rings. The number of nitrogens with two attached hydrogens (primary N) is 1. The predicted molar refractivity (Wildman–Crippen MR) is 62.8 cm³/mol. The van der Waals surface area contributed by atoms with E-state index in [1.165, 1.54) is 11.8 Å². The maximum Gasteiger partial charge on any atom is 0.248 e. The Bertz CT molecular complexity index is 406. The lowest BCUT2D eigenvalue weighted by Gasteiger charge is -2.08. The molecule has 1 atom stereocenters. The summed E-state index contributed by atoms with van der Waals surface area (Å²) in [6.45, 7) is 0. The Hall–Kier alpha value is -1.53. The number of carbonyl (C=O) groups excluding carboxylic acids is 2. The Balaban J connectivity index is 2.42. The van der Waals surface area contributed by atoms with Crippen LogP contribution in [0.25, 0.3) is 0 Å². The number of quaternary nitrogens is 1. The molecular formula is C11H14N2O3S. The number of carbonyl (C=O) groups is 2. The van der Waals surface area contributed by atoms with E-state index in [0.717, 1.165) is 5.56 Å². The number of carboxylic acids is 1. The van der Waals surface area contributed by atoms with Crippen molar-refractivity contribution < 1.29 is 20.4 Å². The monoisotopic (exact) mass is 254 g/mol. The number of rotatable bonds is 6. The fraction of sp³-hybridized carbons (Fsp3) is 0.273. The molecule has 5 nitrogen and oxygen atoms in total. The lowest BCUT2D eigenvalue weighted by Crippen LogP contribution is -2.69. The summed E-state index contributed by atoms with van der Waals surface area (Å²) in [5, 5.41) is 10.4. The van der Waals surface area contributed by atoms with Crippen molar-refractivity contribution in [3.8, 4) is 0 Å². The first-order chi connectivity index (χ1) is 8.00. The van der Waals surface area contributed by atoms with Crippen molar-refractivity contribution in [2.24, 2.45) is 5.73 Å². The van der Waals surface area contributed by atoms with Crippen LogP contribution in [0.4, 0.5) is 0 Å². The van der Waals surface area contributed by atoms with Crippen LogP contribution in [0.15, 0.2) is 24.3 Å². The number of carboxylic acid groups (broad SMARTS) is 1. The molecule has 17 heavy (non-hydrogen) atoms. The van der Waals surface area contributed by atoms with Gasteiger partial charge in [-0.25, -0.2) is 0 Å². The second-order valence-electron chi connectivity index (χ2n) is 3.59. The molecule has 5 N–H and O–H groups in total. The summed E-state index contributed by atoms with van der Waals surface area (Å²) in [5.74, 6) is -0.529. The standard InChI is InChI=1S/C11H14N2O3S/c12-9(11(15)16)6-17-5-7-1-3-8(4-2-7)10(13)14/h1-4,9H,5-6,12H2,(H2,13,14)(H,15,16)/t9-/m0/s1. The van der Waals surface area contributed by atoms with Gasteiger partial charge in [0, 0.05) is 11.3 Å². The molecule has 0 aromatic heterocycles. The van der Waals surface area contributed by atoms with E-state index < -0.39 is 17.9 Å². The molecule has 0 bridgehead atoms. The van der Waals surface area contributed by atoms with E-state index in [2.05, 4.69) is 5.73 Å². The van der Waals surface area contributed by atoms with E-state index in [1.54, 1.807) is 24.3 Å². The Labute approximate surface area is 103 Å². The molecule has 1 aromatic carbocycles. The van der Waals surface area contributed by atoms with Crippen molar-refractivity contribution in [2.45, 2.75) is 11.8 Å². The van der Waals surface area contributed by atoms with Crippen molar-refractivity contribution >= 4 is 23.6 Å². The summed E-state index contributed by atoms with van der Waals surface area (Å²) in [6, 6.07) is 6.19. The summed E-state index contributed by atoms with van der Waals surface area (Å²) >= 11 is 1.46. The van der Waals surface area contributed by atoms with Crippen LogP contribution in [-0.2, 0) is 10.5 Å². The second kappa shape index (κ2) is 6.27. The number of primary amides is 1.